The summed E-state index contributed by atoms with van der Waals surface area (Å²) in [5.74, 6) is 1.07. The monoisotopic (exact) mass is 540 g/mol. The minimum Gasteiger partial charge on any atom is -0.493 e. The lowest BCUT2D eigenvalue weighted by Crippen LogP contribution is -2.23. The highest BCUT2D eigenvalue weighted by molar-refractivity contribution is 7.21. The summed E-state index contributed by atoms with van der Waals surface area (Å²) < 4.78 is 13.2. The Hall–Kier alpha value is -4.50. The molecule has 9 heteroatoms. The molecule has 0 saturated heterocycles. The zero-order chi connectivity index (χ0) is 27.4. The second-order valence-electron chi connectivity index (χ2n) is 9.07. The van der Waals surface area contributed by atoms with Crippen molar-refractivity contribution in [2.24, 2.45) is 0 Å². The predicted molar refractivity (Wildman–Crippen MR) is 155 cm³/mol. The van der Waals surface area contributed by atoms with Crippen molar-refractivity contribution in [2.75, 3.05) is 19.5 Å². The molecule has 2 heterocycles. The largest absolute Gasteiger partial charge is 0.493 e. The van der Waals surface area contributed by atoms with E-state index in [0.717, 1.165) is 26.4 Å². The number of carbonyl (C=O) groups is 1. The lowest BCUT2D eigenvalue weighted by Gasteiger charge is -2.11. The van der Waals surface area contributed by atoms with Crippen molar-refractivity contribution in [3.63, 3.8) is 0 Å². The fourth-order valence-corrected chi connectivity index (χ4v) is 5.29. The lowest BCUT2D eigenvalue weighted by molar-refractivity contribution is -0.116. The lowest BCUT2D eigenvalue weighted by atomic mass is 10.1. The molecule has 8 nitrogen and oxygen atoms in total. The van der Waals surface area contributed by atoms with Gasteiger partial charge in [-0.25, -0.2) is 9.67 Å². The summed E-state index contributed by atoms with van der Waals surface area (Å²) in [7, 11) is 3.14. The SMILES string of the molecule is COc1ccc(-c2ccc(=O)n(CCCC(=O)Nc3ccc(-c4nc5ccc(C)cc5s4)cc3)n2)cc1OC. The third-order valence-corrected chi connectivity index (χ3v) is 7.35. The van der Waals surface area contributed by atoms with E-state index in [2.05, 4.69) is 29.5 Å². The maximum absolute atomic E-state index is 12.6. The highest BCUT2D eigenvalue weighted by Gasteiger charge is 2.11. The van der Waals surface area contributed by atoms with Gasteiger partial charge < -0.3 is 14.8 Å². The average Bonchev–Trinajstić information content (AvgIpc) is 3.37. The van der Waals surface area contributed by atoms with Gasteiger partial charge in [-0.1, -0.05) is 6.07 Å². The normalized spacial score (nSPS) is 10.9. The van der Waals surface area contributed by atoms with Gasteiger partial charge in [0.15, 0.2) is 11.5 Å². The van der Waals surface area contributed by atoms with Gasteiger partial charge in [0.2, 0.25) is 5.91 Å². The molecule has 198 valence electrons. The molecular weight excluding hydrogens is 512 g/mol. The van der Waals surface area contributed by atoms with E-state index in [4.69, 9.17) is 14.5 Å². The molecule has 0 aliphatic heterocycles. The third kappa shape index (κ3) is 5.99. The third-order valence-electron chi connectivity index (χ3n) is 6.28. The molecule has 0 aliphatic carbocycles. The standard InChI is InChI=1S/C30H28N4O4S/c1-19-6-12-24-27(17-19)39-30(32-24)20-7-10-22(11-8-20)31-28(35)5-4-16-34-29(36)15-13-23(33-34)21-9-14-25(37-2)26(18-21)38-3/h6-15,17-18H,4-5,16H2,1-3H3,(H,31,35). The number of hydrogen-bond acceptors (Lipinski definition) is 7. The Labute approximate surface area is 229 Å². The Bertz CT molecular complexity index is 1690. The maximum atomic E-state index is 12.6. The van der Waals surface area contributed by atoms with Gasteiger partial charge in [-0.15, -0.1) is 11.3 Å². The van der Waals surface area contributed by atoms with E-state index in [1.165, 1.54) is 16.3 Å². The van der Waals surface area contributed by atoms with Crippen LogP contribution in [-0.2, 0) is 11.3 Å². The molecule has 0 saturated carbocycles. The van der Waals surface area contributed by atoms with E-state index in [1.54, 1.807) is 37.7 Å². The number of rotatable bonds is 9. The number of nitrogens with one attached hydrogen (secondary N) is 1. The molecule has 3 aromatic carbocycles. The zero-order valence-corrected chi connectivity index (χ0v) is 22.7. The first-order chi connectivity index (χ1) is 18.9. The number of ether oxygens (including phenoxy) is 2. The summed E-state index contributed by atoms with van der Waals surface area (Å²) in [5.41, 5.74) is 5.12. The highest BCUT2D eigenvalue weighted by Crippen LogP contribution is 2.32. The topological polar surface area (TPSA) is 95.3 Å². The molecule has 0 unspecified atom stereocenters. The van der Waals surface area contributed by atoms with Crippen molar-refractivity contribution < 1.29 is 14.3 Å². The van der Waals surface area contributed by atoms with Crippen LogP contribution >= 0.6 is 11.3 Å². The molecule has 0 atom stereocenters. The van der Waals surface area contributed by atoms with E-state index in [0.29, 0.717) is 35.8 Å². The first kappa shape index (κ1) is 26.1. The minimum atomic E-state index is -0.222. The number of carbonyl (C=O) groups excluding carboxylic acids is 1. The number of amides is 1. The molecule has 1 N–H and O–H groups in total. The van der Waals surface area contributed by atoms with E-state index in [1.807, 2.05) is 42.5 Å². The number of hydrogen-bond donors (Lipinski definition) is 1. The minimum absolute atomic E-state index is 0.123. The first-order valence-corrected chi connectivity index (χ1v) is 13.3. The number of anilines is 1. The van der Waals surface area contributed by atoms with E-state index in [9.17, 15) is 9.59 Å². The van der Waals surface area contributed by atoms with Crippen LogP contribution in [0.1, 0.15) is 18.4 Å². The molecule has 0 radical (unpaired) electrons. The fraction of sp³-hybridized carbons (Fsp3) is 0.200. The summed E-state index contributed by atoms with van der Waals surface area (Å²) in [6.07, 6.45) is 0.727. The van der Waals surface area contributed by atoms with Crippen LogP contribution in [0.4, 0.5) is 5.69 Å². The number of thiazole rings is 1. The maximum Gasteiger partial charge on any atom is 0.266 e. The molecule has 0 bridgehead atoms. The van der Waals surface area contributed by atoms with Crippen molar-refractivity contribution in [1.29, 1.82) is 0 Å². The number of aryl methyl sites for hydroxylation is 2. The summed E-state index contributed by atoms with van der Waals surface area (Å²) >= 11 is 1.65. The highest BCUT2D eigenvalue weighted by atomic mass is 32.1. The van der Waals surface area contributed by atoms with Gasteiger partial charge in [0.1, 0.15) is 5.01 Å². The fourth-order valence-electron chi connectivity index (χ4n) is 4.22. The molecular formula is C30H28N4O4S. The van der Waals surface area contributed by atoms with Gasteiger partial charge in [-0.2, -0.15) is 5.10 Å². The van der Waals surface area contributed by atoms with Crippen LogP contribution < -0.4 is 20.3 Å². The Balaban J connectivity index is 1.18. The van der Waals surface area contributed by atoms with Crippen molar-refractivity contribution >= 4 is 33.1 Å². The quantitative estimate of drug-likeness (QED) is 0.249. The smallest absolute Gasteiger partial charge is 0.266 e. The molecule has 2 aromatic heterocycles. The van der Waals surface area contributed by atoms with Gasteiger partial charge in [0, 0.05) is 35.8 Å². The van der Waals surface area contributed by atoms with E-state index in [-0.39, 0.29) is 17.9 Å². The number of fused-ring (bicyclic) bond motifs is 1. The van der Waals surface area contributed by atoms with Crippen molar-refractivity contribution in [1.82, 2.24) is 14.8 Å². The molecule has 0 fully saturated rings. The van der Waals surface area contributed by atoms with Crippen molar-refractivity contribution in [3.05, 3.63) is 88.7 Å². The molecule has 0 aliphatic rings. The Kier molecular flexibility index (Phi) is 7.69. The number of benzene rings is 3. The van der Waals surface area contributed by atoms with Crippen LogP contribution in [0.2, 0.25) is 0 Å². The summed E-state index contributed by atoms with van der Waals surface area (Å²) in [6.45, 7) is 2.39. The number of methoxy groups -OCH3 is 2. The molecule has 5 aromatic rings. The van der Waals surface area contributed by atoms with Crippen LogP contribution in [-0.4, -0.2) is 34.9 Å². The molecule has 1 amide bonds. The van der Waals surface area contributed by atoms with Crippen LogP contribution in [0.15, 0.2) is 77.6 Å². The summed E-state index contributed by atoms with van der Waals surface area (Å²) in [6, 6.07) is 22.5. The molecule has 5 rings (SSSR count). The number of nitrogens with zero attached hydrogens (tertiary/aromatic N) is 3. The van der Waals surface area contributed by atoms with Gasteiger partial charge in [0.25, 0.3) is 5.56 Å². The Morgan fingerprint density at radius 2 is 1.69 bits per heavy atom. The summed E-state index contributed by atoms with van der Waals surface area (Å²) in [4.78, 5) is 29.6. The molecule has 39 heavy (non-hydrogen) atoms. The number of aromatic nitrogens is 3. The zero-order valence-electron chi connectivity index (χ0n) is 21.9. The van der Waals surface area contributed by atoms with Gasteiger partial charge in [-0.3, -0.25) is 9.59 Å². The second kappa shape index (κ2) is 11.5. The summed E-state index contributed by atoms with van der Waals surface area (Å²) in [5, 5.41) is 8.36. The van der Waals surface area contributed by atoms with E-state index < -0.39 is 0 Å². The van der Waals surface area contributed by atoms with Crippen LogP contribution in [0, 0.1) is 6.92 Å². The van der Waals surface area contributed by atoms with Crippen molar-refractivity contribution in [3.8, 4) is 33.3 Å². The Morgan fingerprint density at radius 1 is 0.923 bits per heavy atom. The first-order valence-electron chi connectivity index (χ1n) is 12.5. The van der Waals surface area contributed by atoms with Crippen LogP contribution in [0.3, 0.4) is 0 Å². The van der Waals surface area contributed by atoms with Gasteiger partial charge in [0.05, 0.1) is 30.1 Å². The Morgan fingerprint density at radius 3 is 2.46 bits per heavy atom. The van der Waals surface area contributed by atoms with E-state index >= 15 is 0 Å². The van der Waals surface area contributed by atoms with Gasteiger partial charge >= 0.3 is 0 Å². The van der Waals surface area contributed by atoms with Crippen LogP contribution in [0.25, 0.3) is 32.0 Å². The average molecular weight is 541 g/mol. The van der Waals surface area contributed by atoms with Gasteiger partial charge in [-0.05, 0) is 79.6 Å². The van der Waals surface area contributed by atoms with Crippen LogP contribution in [0.5, 0.6) is 11.5 Å². The predicted octanol–water partition coefficient (Wildman–Crippen LogP) is 5.93. The second-order valence-corrected chi connectivity index (χ2v) is 10.1. The molecule has 0 spiro atoms. The van der Waals surface area contributed by atoms with Crippen molar-refractivity contribution in [2.45, 2.75) is 26.3 Å².